The van der Waals surface area contributed by atoms with E-state index in [0.29, 0.717) is 16.7 Å². The number of hydrogen-bond acceptors (Lipinski definition) is 4. The van der Waals surface area contributed by atoms with E-state index in [0.717, 1.165) is 25.9 Å². The maximum atomic E-state index is 12.2. The summed E-state index contributed by atoms with van der Waals surface area (Å²) >= 11 is 0. The van der Waals surface area contributed by atoms with Crippen molar-refractivity contribution in [1.29, 1.82) is 0 Å². The topological polar surface area (TPSA) is 61.7 Å². The average Bonchev–Trinajstić information content (AvgIpc) is 2.71. The minimum Gasteiger partial charge on any atom is -0.506 e. The van der Waals surface area contributed by atoms with Crippen molar-refractivity contribution in [2.45, 2.75) is 18.9 Å². The van der Waals surface area contributed by atoms with Crippen LogP contribution in [0.2, 0.25) is 0 Å². The number of aliphatic hydroxyl groups excluding tert-OH is 1. The van der Waals surface area contributed by atoms with Crippen LogP contribution < -0.4 is 5.32 Å². The van der Waals surface area contributed by atoms with Crippen LogP contribution in [-0.4, -0.2) is 36.2 Å². The van der Waals surface area contributed by atoms with Gasteiger partial charge in [-0.2, -0.15) is 0 Å². The highest BCUT2D eigenvalue weighted by Gasteiger charge is 2.28. The van der Waals surface area contributed by atoms with E-state index in [4.69, 9.17) is 0 Å². The van der Waals surface area contributed by atoms with Gasteiger partial charge in [0.2, 0.25) is 0 Å². The minimum atomic E-state index is -0.134. The van der Waals surface area contributed by atoms with Crippen LogP contribution in [0.3, 0.4) is 0 Å². The van der Waals surface area contributed by atoms with Gasteiger partial charge in [0.25, 0.3) is 0 Å². The van der Waals surface area contributed by atoms with Crippen LogP contribution in [-0.2, 0) is 0 Å². The Hall–Kier alpha value is -1.94. The molecule has 19 heavy (non-hydrogen) atoms. The fourth-order valence-corrected chi connectivity index (χ4v) is 2.54. The Labute approximate surface area is 111 Å². The summed E-state index contributed by atoms with van der Waals surface area (Å²) in [7, 11) is 0. The van der Waals surface area contributed by atoms with E-state index in [9.17, 15) is 9.90 Å². The molecule has 0 unspecified atom stereocenters. The van der Waals surface area contributed by atoms with Crippen molar-refractivity contribution >= 4 is 17.8 Å². The summed E-state index contributed by atoms with van der Waals surface area (Å²) in [4.78, 5) is 16.6. The molecule has 4 nitrogen and oxygen atoms in total. The van der Waals surface area contributed by atoms with Crippen molar-refractivity contribution in [2.24, 2.45) is 4.99 Å². The van der Waals surface area contributed by atoms with Gasteiger partial charge in [0.15, 0.2) is 5.78 Å². The molecule has 1 aromatic rings. The maximum Gasteiger partial charge on any atom is 0.199 e. The second-order valence-corrected chi connectivity index (χ2v) is 4.90. The molecule has 1 aliphatic heterocycles. The molecule has 1 fully saturated rings. The number of carbonyl (C=O) groups is 1. The fraction of sp³-hybridized carbons (Fsp3) is 0.333. The molecule has 0 bridgehead atoms. The summed E-state index contributed by atoms with van der Waals surface area (Å²) in [5.74, 6) is -0.0796. The Balaban J connectivity index is 1.84. The number of ketones is 1. The number of carbonyl (C=O) groups excluding carboxylic acids is 1. The van der Waals surface area contributed by atoms with Gasteiger partial charge in [0, 0.05) is 17.3 Å². The van der Waals surface area contributed by atoms with Gasteiger partial charge in [-0.25, -0.2) is 0 Å². The molecule has 0 amide bonds. The lowest BCUT2D eigenvalue weighted by Crippen LogP contribution is -2.29. The Morgan fingerprint density at radius 1 is 1.21 bits per heavy atom. The van der Waals surface area contributed by atoms with E-state index in [1.54, 1.807) is 24.4 Å². The summed E-state index contributed by atoms with van der Waals surface area (Å²) in [5, 5.41) is 13.4. The number of piperidine rings is 1. The normalized spacial score (nSPS) is 20.3. The highest BCUT2D eigenvalue weighted by molar-refractivity contribution is 6.30. The fourth-order valence-electron chi connectivity index (χ4n) is 2.54. The quantitative estimate of drug-likeness (QED) is 0.795. The predicted octanol–water partition coefficient (Wildman–Crippen LogP) is 1.97. The third-order valence-electron chi connectivity index (χ3n) is 3.65. The Morgan fingerprint density at radius 2 is 1.89 bits per heavy atom. The molecule has 3 rings (SSSR count). The van der Waals surface area contributed by atoms with Gasteiger partial charge >= 0.3 is 0 Å². The molecule has 2 aliphatic rings. The maximum absolute atomic E-state index is 12.2. The summed E-state index contributed by atoms with van der Waals surface area (Å²) in [5.41, 5.74) is 1.49. The van der Waals surface area contributed by atoms with Crippen LogP contribution in [0.5, 0.6) is 0 Å². The lowest BCUT2D eigenvalue weighted by molar-refractivity contribution is 0.104. The van der Waals surface area contributed by atoms with Gasteiger partial charge in [-0.3, -0.25) is 9.79 Å². The number of allylic oxidation sites excluding steroid dienone is 1. The molecule has 0 aromatic heterocycles. The number of benzene rings is 1. The van der Waals surface area contributed by atoms with Gasteiger partial charge in [-0.1, -0.05) is 24.3 Å². The summed E-state index contributed by atoms with van der Waals surface area (Å²) in [6, 6.07) is 7.36. The first kappa shape index (κ1) is 12.1. The number of aliphatic hydroxyl groups is 1. The van der Waals surface area contributed by atoms with Gasteiger partial charge in [-0.05, 0) is 25.9 Å². The Morgan fingerprint density at radius 3 is 2.58 bits per heavy atom. The zero-order valence-corrected chi connectivity index (χ0v) is 10.6. The number of rotatable bonds is 2. The Kier molecular flexibility index (Phi) is 3.17. The van der Waals surface area contributed by atoms with Crippen molar-refractivity contribution in [3.63, 3.8) is 0 Å². The van der Waals surface area contributed by atoms with Crippen LogP contribution in [0.4, 0.5) is 0 Å². The van der Waals surface area contributed by atoms with E-state index in [2.05, 4.69) is 10.3 Å². The third-order valence-corrected chi connectivity index (χ3v) is 3.65. The number of Topliss-reactive ketones (excluding diaryl/α,β-unsaturated/α-hetero) is 1. The molecule has 98 valence electrons. The first-order valence-corrected chi connectivity index (χ1v) is 6.58. The van der Waals surface area contributed by atoms with Gasteiger partial charge in [0.1, 0.15) is 5.76 Å². The molecular formula is C15H16N2O2. The number of nitrogens with one attached hydrogen (secondary N) is 1. The molecule has 0 saturated carbocycles. The van der Waals surface area contributed by atoms with Crippen molar-refractivity contribution < 1.29 is 9.90 Å². The van der Waals surface area contributed by atoms with Crippen molar-refractivity contribution in [2.75, 3.05) is 13.1 Å². The first-order chi connectivity index (χ1) is 9.27. The number of nitrogens with zero attached hydrogens (tertiary/aromatic N) is 1. The third kappa shape index (κ3) is 2.19. The monoisotopic (exact) mass is 256 g/mol. The predicted molar refractivity (Wildman–Crippen MR) is 74.7 cm³/mol. The number of hydrogen-bond donors (Lipinski definition) is 2. The average molecular weight is 256 g/mol. The largest absolute Gasteiger partial charge is 0.506 e. The van der Waals surface area contributed by atoms with Crippen LogP contribution in [0.15, 0.2) is 34.8 Å². The second kappa shape index (κ2) is 4.97. The van der Waals surface area contributed by atoms with Gasteiger partial charge < -0.3 is 10.4 Å². The summed E-state index contributed by atoms with van der Waals surface area (Å²) in [6.07, 6.45) is 3.50. The molecule has 0 spiro atoms. The molecule has 1 saturated heterocycles. The lowest BCUT2D eigenvalue weighted by atomic mass is 10.1. The number of aliphatic imine (C=N–C) groups is 1. The summed E-state index contributed by atoms with van der Waals surface area (Å²) < 4.78 is 0. The van der Waals surface area contributed by atoms with E-state index >= 15 is 0 Å². The van der Waals surface area contributed by atoms with Crippen molar-refractivity contribution in [3.8, 4) is 0 Å². The molecule has 0 atom stereocenters. The van der Waals surface area contributed by atoms with Crippen LogP contribution in [0, 0.1) is 0 Å². The van der Waals surface area contributed by atoms with Gasteiger partial charge in [0.05, 0.1) is 11.6 Å². The minimum absolute atomic E-state index is 0.0540. The van der Waals surface area contributed by atoms with Crippen LogP contribution >= 0.6 is 0 Å². The molecule has 4 heteroatoms. The van der Waals surface area contributed by atoms with E-state index in [1.165, 1.54) is 0 Å². The Bertz CT molecular complexity index is 569. The van der Waals surface area contributed by atoms with Crippen LogP contribution in [0.1, 0.15) is 28.8 Å². The number of fused-ring (bicyclic) bond motifs is 1. The SMILES string of the molecule is O=C1C(C=NC2CCNCC2)=C(O)c2ccccc21. The molecule has 0 radical (unpaired) electrons. The van der Waals surface area contributed by atoms with E-state index in [-0.39, 0.29) is 17.6 Å². The zero-order chi connectivity index (χ0) is 13.2. The lowest BCUT2D eigenvalue weighted by Gasteiger charge is -2.18. The van der Waals surface area contributed by atoms with Crippen LogP contribution in [0.25, 0.3) is 5.76 Å². The molecule has 1 heterocycles. The standard InChI is InChI=1S/C15H16N2O2/c18-14-11-3-1-2-4-12(11)15(19)13(14)9-17-10-5-7-16-8-6-10/h1-4,9-10,16,18H,5-8H2. The van der Waals surface area contributed by atoms with Crippen molar-refractivity contribution in [3.05, 3.63) is 41.0 Å². The first-order valence-electron chi connectivity index (χ1n) is 6.58. The molecule has 1 aromatic carbocycles. The van der Waals surface area contributed by atoms with E-state index in [1.807, 2.05) is 6.07 Å². The van der Waals surface area contributed by atoms with E-state index < -0.39 is 0 Å². The highest BCUT2D eigenvalue weighted by Crippen LogP contribution is 2.29. The van der Waals surface area contributed by atoms with Crippen molar-refractivity contribution in [1.82, 2.24) is 5.32 Å². The highest BCUT2D eigenvalue weighted by atomic mass is 16.3. The molecule has 1 aliphatic carbocycles. The smallest absolute Gasteiger partial charge is 0.199 e. The molecular weight excluding hydrogens is 240 g/mol. The molecule has 2 N–H and O–H groups in total. The summed E-state index contributed by atoms with van der Waals surface area (Å²) in [6.45, 7) is 1.92. The zero-order valence-electron chi connectivity index (χ0n) is 10.6. The second-order valence-electron chi connectivity index (χ2n) is 4.90. The van der Waals surface area contributed by atoms with Gasteiger partial charge in [-0.15, -0.1) is 0 Å².